The van der Waals surface area contributed by atoms with Crippen molar-refractivity contribution in [1.29, 1.82) is 0 Å². The number of rotatable bonds is 8. The fraction of sp³-hybridized carbons (Fsp3) is 0.459. The Morgan fingerprint density at radius 3 is 2.52 bits per heavy atom. The number of imidazole rings is 1. The number of carbonyl (C=O) groups excluding carboxylic acids is 2. The summed E-state index contributed by atoms with van der Waals surface area (Å²) >= 11 is 0. The van der Waals surface area contributed by atoms with Gasteiger partial charge in [0.05, 0.1) is 23.0 Å². The third-order valence-corrected chi connectivity index (χ3v) is 10.6. The van der Waals surface area contributed by atoms with E-state index in [9.17, 15) is 18.4 Å². The van der Waals surface area contributed by atoms with Crippen molar-refractivity contribution in [3.05, 3.63) is 65.5 Å². The van der Waals surface area contributed by atoms with E-state index in [2.05, 4.69) is 40.0 Å². The zero-order valence-electron chi connectivity index (χ0n) is 28.3. The molecule has 1 unspecified atom stereocenters. The Morgan fingerprint density at radius 1 is 1.06 bits per heavy atom. The molecule has 0 spiro atoms. The summed E-state index contributed by atoms with van der Waals surface area (Å²) in [5.41, 5.74) is 6.55. The lowest BCUT2D eigenvalue weighted by Gasteiger charge is -2.46. The van der Waals surface area contributed by atoms with Crippen molar-refractivity contribution in [3.8, 4) is 11.3 Å². The summed E-state index contributed by atoms with van der Waals surface area (Å²) in [6.07, 6.45) is 1.63. The van der Waals surface area contributed by atoms with E-state index >= 15 is 0 Å². The summed E-state index contributed by atoms with van der Waals surface area (Å²) in [6, 6.07) is 14.1. The van der Waals surface area contributed by atoms with E-state index in [0.29, 0.717) is 36.6 Å². The number of fused-ring (bicyclic) bond motifs is 2. The van der Waals surface area contributed by atoms with Crippen LogP contribution >= 0.6 is 0 Å². The SMILES string of the molecule is CNC(=O)c1cc(Nc2nc(-c3ccc4c(c3)N(C3CC(N5CCC(C(F)F)C5)C3)C(=O)C4(C)C)cc3ncn(C(C)C)c23)ccc1C. The number of alkyl halides is 2. The molecule has 2 aliphatic heterocycles. The Balaban J connectivity index is 1.24. The average molecular weight is 656 g/mol. The molecule has 48 heavy (non-hydrogen) atoms. The van der Waals surface area contributed by atoms with Crippen LogP contribution in [0.3, 0.4) is 0 Å². The zero-order chi connectivity index (χ0) is 34.1. The molecule has 0 bridgehead atoms. The standard InChI is InChI=1S/C37H43F2N7O2/c1-20(2)45-19-41-30-17-29(43-34(32(30)45)42-24-9-7-21(3)27(14-24)35(47)40-6)22-8-10-28-31(13-22)46(36(48)37(28,4)5)26-15-25(16-26)44-12-11-23(18-44)33(38)39/h7-10,13-14,17,19-20,23,25-26,33H,11-12,15-16,18H2,1-6H3,(H,40,47)(H,42,43). The van der Waals surface area contributed by atoms with Crippen LogP contribution in [0.2, 0.25) is 0 Å². The zero-order valence-corrected chi connectivity index (χ0v) is 28.3. The van der Waals surface area contributed by atoms with Crippen LogP contribution in [0.15, 0.2) is 48.8 Å². The van der Waals surface area contributed by atoms with E-state index in [-0.39, 0.29) is 29.9 Å². The highest BCUT2D eigenvalue weighted by molar-refractivity contribution is 6.09. The molecule has 1 saturated heterocycles. The lowest BCUT2D eigenvalue weighted by atomic mass is 9.83. The van der Waals surface area contributed by atoms with Crippen LogP contribution in [0.5, 0.6) is 0 Å². The number of amides is 2. The first-order valence-corrected chi connectivity index (χ1v) is 16.9. The third-order valence-electron chi connectivity index (χ3n) is 10.6. The smallest absolute Gasteiger partial charge is 0.251 e. The maximum atomic E-state index is 13.9. The predicted molar refractivity (Wildman–Crippen MR) is 184 cm³/mol. The molecule has 2 N–H and O–H groups in total. The van der Waals surface area contributed by atoms with Gasteiger partial charge in [-0.05, 0) is 95.8 Å². The maximum Gasteiger partial charge on any atom is 0.251 e. The number of hydrogen-bond acceptors (Lipinski definition) is 6. The Hall–Kier alpha value is -4.38. The van der Waals surface area contributed by atoms with Crippen molar-refractivity contribution in [1.82, 2.24) is 24.8 Å². The fourth-order valence-electron chi connectivity index (χ4n) is 7.63. The first kappa shape index (κ1) is 32.2. The number of likely N-dealkylation sites (tertiary alicyclic amines) is 1. The van der Waals surface area contributed by atoms with Gasteiger partial charge in [-0.2, -0.15) is 0 Å². The van der Waals surface area contributed by atoms with Gasteiger partial charge >= 0.3 is 0 Å². The first-order chi connectivity index (χ1) is 22.9. The Kier molecular flexibility index (Phi) is 8.01. The highest BCUT2D eigenvalue weighted by Crippen LogP contribution is 2.48. The van der Waals surface area contributed by atoms with Gasteiger partial charge in [0.15, 0.2) is 5.82 Å². The van der Waals surface area contributed by atoms with Crippen molar-refractivity contribution in [2.75, 3.05) is 30.4 Å². The molecule has 4 aromatic rings. The number of benzene rings is 2. The molecule has 2 aromatic heterocycles. The number of pyridine rings is 1. The van der Waals surface area contributed by atoms with Crippen molar-refractivity contribution < 1.29 is 18.4 Å². The molecule has 252 valence electrons. The maximum absolute atomic E-state index is 13.9. The molecule has 1 aliphatic carbocycles. The molecule has 2 aromatic carbocycles. The number of carbonyl (C=O) groups is 2. The van der Waals surface area contributed by atoms with Gasteiger partial charge < -0.3 is 20.1 Å². The van der Waals surface area contributed by atoms with E-state index in [1.165, 1.54) is 0 Å². The van der Waals surface area contributed by atoms with Gasteiger partial charge in [-0.1, -0.05) is 18.2 Å². The average Bonchev–Trinajstić information content (AvgIpc) is 3.74. The monoisotopic (exact) mass is 655 g/mol. The van der Waals surface area contributed by atoms with Gasteiger partial charge in [0.1, 0.15) is 5.52 Å². The minimum Gasteiger partial charge on any atom is -0.355 e. The highest BCUT2D eigenvalue weighted by Gasteiger charge is 2.50. The van der Waals surface area contributed by atoms with Gasteiger partial charge in [-0.15, -0.1) is 0 Å². The van der Waals surface area contributed by atoms with E-state index in [4.69, 9.17) is 9.97 Å². The van der Waals surface area contributed by atoms with E-state index < -0.39 is 17.8 Å². The number of nitrogens with one attached hydrogen (secondary N) is 2. The van der Waals surface area contributed by atoms with Crippen LogP contribution in [0.1, 0.15) is 74.5 Å². The number of anilines is 3. The van der Waals surface area contributed by atoms with Gasteiger partial charge in [-0.3, -0.25) is 14.5 Å². The van der Waals surface area contributed by atoms with Gasteiger partial charge in [0.2, 0.25) is 12.3 Å². The van der Waals surface area contributed by atoms with Crippen LogP contribution in [0, 0.1) is 12.8 Å². The molecule has 3 aliphatic rings. The van der Waals surface area contributed by atoms with Crippen LogP contribution in [-0.4, -0.2) is 69.9 Å². The van der Waals surface area contributed by atoms with Crippen LogP contribution < -0.4 is 15.5 Å². The topological polar surface area (TPSA) is 95.4 Å². The Bertz CT molecular complexity index is 1910. The minimum atomic E-state index is -2.28. The van der Waals surface area contributed by atoms with E-state index in [1.807, 2.05) is 68.4 Å². The van der Waals surface area contributed by atoms with Gasteiger partial charge in [0.25, 0.3) is 5.91 Å². The largest absolute Gasteiger partial charge is 0.355 e. The molecule has 2 amide bonds. The number of hydrogen-bond donors (Lipinski definition) is 2. The number of aryl methyl sites for hydroxylation is 1. The summed E-state index contributed by atoms with van der Waals surface area (Å²) in [5.74, 6) is -0.0351. The second-order valence-electron chi connectivity index (χ2n) is 14.4. The lowest BCUT2D eigenvalue weighted by molar-refractivity contribution is -0.123. The quantitative estimate of drug-likeness (QED) is 0.216. The van der Waals surface area contributed by atoms with Crippen LogP contribution in [0.25, 0.3) is 22.3 Å². The summed E-state index contributed by atoms with van der Waals surface area (Å²) < 4.78 is 28.7. The molecule has 4 heterocycles. The third kappa shape index (κ3) is 5.32. The molecular weight excluding hydrogens is 612 g/mol. The molecule has 7 rings (SSSR count). The molecule has 0 radical (unpaired) electrons. The lowest BCUT2D eigenvalue weighted by Crippen LogP contribution is -2.55. The first-order valence-electron chi connectivity index (χ1n) is 16.9. The number of halogens is 2. The summed E-state index contributed by atoms with van der Waals surface area (Å²) in [7, 11) is 1.62. The molecule has 9 nitrogen and oxygen atoms in total. The van der Waals surface area contributed by atoms with Crippen molar-refractivity contribution >= 4 is 40.0 Å². The van der Waals surface area contributed by atoms with Crippen LogP contribution in [-0.2, 0) is 10.2 Å². The van der Waals surface area contributed by atoms with E-state index in [0.717, 1.165) is 51.9 Å². The summed E-state index contributed by atoms with van der Waals surface area (Å²) in [5, 5.41) is 6.19. The van der Waals surface area contributed by atoms with Crippen LogP contribution in [0.4, 0.5) is 26.0 Å². The second-order valence-corrected chi connectivity index (χ2v) is 14.4. The fourth-order valence-corrected chi connectivity index (χ4v) is 7.63. The number of aromatic nitrogens is 3. The molecule has 11 heteroatoms. The molecule has 2 fully saturated rings. The van der Waals surface area contributed by atoms with Crippen molar-refractivity contribution in [2.45, 2.75) is 83.8 Å². The molecule has 1 saturated carbocycles. The Labute approximate surface area is 279 Å². The summed E-state index contributed by atoms with van der Waals surface area (Å²) in [6.45, 7) is 11.2. The molecular formula is C37H43F2N7O2. The summed E-state index contributed by atoms with van der Waals surface area (Å²) in [4.78, 5) is 40.5. The van der Waals surface area contributed by atoms with Crippen molar-refractivity contribution in [3.63, 3.8) is 0 Å². The van der Waals surface area contributed by atoms with Crippen molar-refractivity contribution in [2.24, 2.45) is 5.92 Å². The van der Waals surface area contributed by atoms with Gasteiger partial charge in [0, 0.05) is 60.1 Å². The number of nitrogens with zero attached hydrogens (tertiary/aromatic N) is 5. The van der Waals surface area contributed by atoms with E-state index in [1.54, 1.807) is 7.05 Å². The molecule has 1 atom stereocenters. The highest BCUT2D eigenvalue weighted by atomic mass is 19.3. The Morgan fingerprint density at radius 2 is 1.83 bits per heavy atom. The normalized spacial score (nSPS) is 22.1. The minimum absolute atomic E-state index is 0.0225. The second kappa shape index (κ2) is 11.9. The van der Waals surface area contributed by atoms with Gasteiger partial charge in [-0.25, -0.2) is 18.7 Å². The predicted octanol–water partition coefficient (Wildman–Crippen LogP) is 6.83.